The van der Waals surface area contributed by atoms with Crippen LogP contribution in [0.3, 0.4) is 0 Å². The topological polar surface area (TPSA) is 48.4 Å². The van der Waals surface area contributed by atoms with E-state index in [0.29, 0.717) is 0 Å². The number of aryl methyl sites for hydroxylation is 1. The predicted octanol–water partition coefficient (Wildman–Crippen LogP) is 4.41. The molecule has 0 atom stereocenters. The summed E-state index contributed by atoms with van der Waals surface area (Å²) in [5.74, 6) is -1.13. The number of nitrogens with zero attached hydrogens (tertiary/aromatic N) is 6. The minimum atomic E-state index is -2.83. The second kappa shape index (κ2) is 9.07. The number of benzene rings is 1. The summed E-state index contributed by atoms with van der Waals surface area (Å²) < 4.78 is 26.9. The fourth-order valence-corrected chi connectivity index (χ4v) is 4.50. The van der Waals surface area contributed by atoms with Crippen molar-refractivity contribution in [1.29, 1.82) is 0 Å². The first kappa shape index (κ1) is 22.5. The average Bonchev–Trinajstić information content (AvgIpc) is 3.22. The van der Waals surface area contributed by atoms with Crippen LogP contribution in [0, 0.1) is 6.92 Å². The number of halogens is 2. The molecule has 0 saturated carbocycles. The van der Waals surface area contributed by atoms with Crippen molar-refractivity contribution in [2.75, 3.05) is 50.1 Å². The van der Waals surface area contributed by atoms with Gasteiger partial charge >= 0.3 is 0 Å². The average molecular weight is 459 g/mol. The zero-order chi connectivity index (χ0) is 22.9. The molecular formula is C23H28F2N6S. The molecule has 9 heteroatoms. The Kier molecular flexibility index (Phi) is 6.39. The standard InChI is InChI=1S/C23H28F2N6S/c1-16-13-20(28-22(26-16)29(3)4)31-11-9-30(10-12-31)14-19-15-32-21(27-19)17-5-7-18(8-6-17)23(2,24)25/h5-8,13,15H,9-12,14H2,1-4H3. The normalized spacial score (nSPS) is 15.2. The SMILES string of the molecule is Cc1cc(N2CCN(Cc3csc(-c4ccc(C(C)(F)F)cc4)n3)CC2)nc(N(C)C)n1. The molecule has 0 bridgehead atoms. The highest BCUT2D eigenvalue weighted by Crippen LogP contribution is 2.30. The first-order chi connectivity index (χ1) is 15.2. The minimum absolute atomic E-state index is 0.0208. The van der Waals surface area contributed by atoms with Crippen LogP contribution in [0.2, 0.25) is 0 Å². The maximum atomic E-state index is 13.4. The van der Waals surface area contributed by atoms with E-state index in [1.54, 1.807) is 23.5 Å². The third kappa shape index (κ3) is 5.21. The van der Waals surface area contributed by atoms with Gasteiger partial charge in [-0.25, -0.2) is 18.7 Å². The summed E-state index contributed by atoms with van der Waals surface area (Å²) >= 11 is 1.55. The van der Waals surface area contributed by atoms with Gasteiger partial charge in [0.25, 0.3) is 5.92 Å². The highest BCUT2D eigenvalue weighted by Gasteiger charge is 2.24. The van der Waals surface area contributed by atoms with Gasteiger partial charge in [0.05, 0.1) is 5.69 Å². The smallest absolute Gasteiger partial charge is 0.270 e. The number of anilines is 2. The predicted molar refractivity (Wildman–Crippen MR) is 126 cm³/mol. The summed E-state index contributed by atoms with van der Waals surface area (Å²) in [5.41, 5.74) is 2.87. The molecule has 0 unspecified atom stereocenters. The Balaban J connectivity index is 1.36. The van der Waals surface area contributed by atoms with E-state index in [9.17, 15) is 8.78 Å². The Morgan fingerprint density at radius 1 is 1.03 bits per heavy atom. The van der Waals surface area contributed by atoms with Gasteiger partial charge in [0.2, 0.25) is 5.95 Å². The van der Waals surface area contributed by atoms with Gasteiger partial charge in [0, 0.05) is 82.0 Å². The maximum Gasteiger partial charge on any atom is 0.270 e. The van der Waals surface area contributed by atoms with Crippen molar-refractivity contribution in [3.63, 3.8) is 0 Å². The summed E-state index contributed by atoms with van der Waals surface area (Å²) in [4.78, 5) is 20.5. The molecule has 1 saturated heterocycles. The molecule has 1 fully saturated rings. The first-order valence-corrected chi connectivity index (χ1v) is 11.5. The van der Waals surface area contributed by atoms with Crippen molar-refractivity contribution in [2.45, 2.75) is 26.3 Å². The van der Waals surface area contributed by atoms with Crippen molar-refractivity contribution < 1.29 is 8.78 Å². The lowest BCUT2D eigenvalue weighted by Gasteiger charge is -2.35. The second-order valence-electron chi connectivity index (χ2n) is 8.43. The van der Waals surface area contributed by atoms with Crippen LogP contribution < -0.4 is 9.80 Å². The lowest BCUT2D eigenvalue weighted by atomic mass is 10.1. The first-order valence-electron chi connectivity index (χ1n) is 10.6. The van der Waals surface area contributed by atoms with E-state index in [1.165, 1.54) is 12.1 Å². The van der Waals surface area contributed by atoms with Crippen molar-refractivity contribution in [3.05, 3.63) is 52.7 Å². The molecule has 0 radical (unpaired) electrons. The molecule has 2 aromatic heterocycles. The quantitative estimate of drug-likeness (QED) is 0.545. The lowest BCUT2D eigenvalue weighted by molar-refractivity contribution is 0.0175. The van der Waals surface area contributed by atoms with Crippen molar-refractivity contribution in [2.24, 2.45) is 0 Å². The van der Waals surface area contributed by atoms with Gasteiger partial charge in [-0.1, -0.05) is 24.3 Å². The van der Waals surface area contributed by atoms with E-state index in [2.05, 4.69) is 25.1 Å². The summed E-state index contributed by atoms with van der Waals surface area (Å²) in [6.07, 6.45) is 0. The number of piperazine rings is 1. The molecule has 3 heterocycles. The summed E-state index contributed by atoms with van der Waals surface area (Å²) in [6.45, 7) is 7.33. The van der Waals surface area contributed by atoms with E-state index in [-0.39, 0.29) is 5.56 Å². The van der Waals surface area contributed by atoms with Gasteiger partial charge < -0.3 is 9.80 Å². The molecule has 1 aromatic carbocycles. The van der Waals surface area contributed by atoms with Crippen LogP contribution in [-0.4, -0.2) is 60.1 Å². The highest BCUT2D eigenvalue weighted by molar-refractivity contribution is 7.13. The summed E-state index contributed by atoms with van der Waals surface area (Å²) in [5, 5.41) is 2.92. The Bertz CT molecular complexity index is 1050. The number of hydrogen-bond acceptors (Lipinski definition) is 7. The molecule has 0 N–H and O–H groups in total. The Morgan fingerprint density at radius 2 is 1.72 bits per heavy atom. The summed E-state index contributed by atoms with van der Waals surface area (Å²) in [7, 11) is 3.90. The van der Waals surface area contributed by atoms with Crippen LogP contribution in [-0.2, 0) is 12.5 Å². The molecule has 0 amide bonds. The molecular weight excluding hydrogens is 430 g/mol. The van der Waals surface area contributed by atoms with Crippen LogP contribution in [0.15, 0.2) is 35.7 Å². The second-order valence-corrected chi connectivity index (χ2v) is 9.29. The Hall–Kier alpha value is -2.65. The highest BCUT2D eigenvalue weighted by atomic mass is 32.1. The molecule has 1 aliphatic rings. The van der Waals surface area contributed by atoms with Crippen LogP contribution in [0.25, 0.3) is 10.6 Å². The zero-order valence-corrected chi connectivity index (χ0v) is 19.7. The molecule has 3 aromatic rings. The van der Waals surface area contributed by atoms with Crippen LogP contribution in [0.4, 0.5) is 20.5 Å². The largest absolute Gasteiger partial charge is 0.354 e. The third-order valence-electron chi connectivity index (χ3n) is 5.50. The van der Waals surface area contributed by atoms with Gasteiger partial charge in [-0.05, 0) is 6.92 Å². The van der Waals surface area contributed by atoms with E-state index >= 15 is 0 Å². The number of rotatable bonds is 6. The van der Waals surface area contributed by atoms with E-state index in [1.807, 2.05) is 32.0 Å². The fourth-order valence-electron chi connectivity index (χ4n) is 3.68. The summed E-state index contributed by atoms with van der Waals surface area (Å²) in [6, 6.07) is 8.44. The number of hydrogen-bond donors (Lipinski definition) is 0. The maximum absolute atomic E-state index is 13.4. The molecule has 170 valence electrons. The molecule has 0 aliphatic carbocycles. The molecule has 1 aliphatic heterocycles. The van der Waals surface area contributed by atoms with E-state index < -0.39 is 5.92 Å². The Labute approximate surface area is 191 Å². The van der Waals surface area contributed by atoms with Gasteiger partial charge in [-0.15, -0.1) is 11.3 Å². The molecule has 4 rings (SSSR count). The number of thiazole rings is 1. The molecule has 6 nitrogen and oxygen atoms in total. The molecule has 32 heavy (non-hydrogen) atoms. The van der Waals surface area contributed by atoms with Gasteiger partial charge in [-0.2, -0.15) is 4.98 Å². The molecule has 0 spiro atoms. The van der Waals surface area contributed by atoms with Crippen molar-refractivity contribution in [1.82, 2.24) is 19.9 Å². The van der Waals surface area contributed by atoms with Gasteiger partial charge in [0.1, 0.15) is 10.8 Å². The number of aromatic nitrogens is 3. The van der Waals surface area contributed by atoms with Gasteiger partial charge in [-0.3, -0.25) is 4.90 Å². The number of alkyl halides is 2. The zero-order valence-electron chi connectivity index (χ0n) is 18.8. The van der Waals surface area contributed by atoms with Crippen LogP contribution in [0.1, 0.15) is 23.9 Å². The fraction of sp³-hybridized carbons (Fsp3) is 0.435. The van der Waals surface area contributed by atoms with Crippen LogP contribution in [0.5, 0.6) is 0 Å². The third-order valence-corrected chi connectivity index (χ3v) is 6.44. The minimum Gasteiger partial charge on any atom is -0.354 e. The van der Waals surface area contributed by atoms with Gasteiger partial charge in [0.15, 0.2) is 0 Å². The van der Waals surface area contributed by atoms with Crippen LogP contribution >= 0.6 is 11.3 Å². The monoisotopic (exact) mass is 458 g/mol. The van der Waals surface area contributed by atoms with Crippen molar-refractivity contribution >= 4 is 23.1 Å². The van der Waals surface area contributed by atoms with E-state index in [4.69, 9.17) is 4.98 Å². The van der Waals surface area contributed by atoms with Crippen molar-refractivity contribution in [3.8, 4) is 10.6 Å². The Morgan fingerprint density at radius 3 is 2.34 bits per heavy atom. The van der Waals surface area contributed by atoms with E-state index in [0.717, 1.165) is 73.4 Å². The lowest BCUT2D eigenvalue weighted by Crippen LogP contribution is -2.46.